The molecule has 1 aromatic heterocycles. The molecule has 27 heavy (non-hydrogen) atoms. The smallest absolute Gasteiger partial charge is 0.411 e. The molecule has 0 amide bonds. The van der Waals surface area contributed by atoms with Crippen molar-refractivity contribution in [2.45, 2.75) is 39.5 Å². The molecule has 3 aromatic rings. The van der Waals surface area contributed by atoms with Gasteiger partial charge in [-0.2, -0.15) is 18.2 Å². The second-order valence-corrected chi connectivity index (χ2v) is 7.68. The summed E-state index contributed by atoms with van der Waals surface area (Å²) in [5, 5.41) is 0. The number of benzene rings is 2. The number of rotatable bonds is 3. The van der Waals surface area contributed by atoms with Gasteiger partial charge in [0.15, 0.2) is 0 Å². The Labute approximate surface area is 176 Å². The van der Waals surface area contributed by atoms with Crippen LogP contribution in [-0.2, 0) is 20.1 Å². The van der Waals surface area contributed by atoms with Crippen LogP contribution in [0.15, 0.2) is 48.7 Å². The number of aromatic nitrogens is 2. The zero-order valence-corrected chi connectivity index (χ0v) is 18.9. The van der Waals surface area contributed by atoms with Gasteiger partial charge in [0, 0.05) is 25.6 Å². The van der Waals surface area contributed by atoms with E-state index in [1.54, 1.807) is 0 Å². The van der Waals surface area contributed by atoms with E-state index in [0.717, 1.165) is 5.69 Å². The van der Waals surface area contributed by atoms with Gasteiger partial charge in [0.2, 0.25) is 0 Å². The van der Waals surface area contributed by atoms with Crippen molar-refractivity contribution in [1.82, 2.24) is 4.68 Å². The Kier molecular flexibility index (Phi) is 5.64. The third kappa shape index (κ3) is 3.17. The molecule has 0 saturated carbocycles. The molecule has 2 aromatic carbocycles. The maximum atomic E-state index is 3.38. The van der Waals surface area contributed by atoms with Crippen molar-refractivity contribution in [3.05, 3.63) is 72.1 Å². The van der Waals surface area contributed by atoms with Crippen LogP contribution in [0.4, 0.5) is 5.69 Å². The van der Waals surface area contributed by atoms with E-state index in [9.17, 15) is 0 Å². The second kappa shape index (κ2) is 7.65. The Morgan fingerprint density at radius 2 is 1.63 bits per heavy atom. The summed E-state index contributed by atoms with van der Waals surface area (Å²) in [5.74, 6) is 0.933. The van der Waals surface area contributed by atoms with Gasteiger partial charge < -0.3 is 4.81 Å². The second-order valence-electron chi connectivity index (χ2n) is 7.68. The predicted octanol–water partition coefficient (Wildman–Crippen LogP) is 3.30. The summed E-state index contributed by atoms with van der Waals surface area (Å²) < 4.78 is 4.37. The maximum Gasteiger partial charge on any atom is 0.651 e. The molecule has 0 spiro atoms. The number of hydrogen-bond acceptors (Lipinski definition) is 1. The predicted molar refractivity (Wildman–Crippen MR) is 107 cm³/mol. The molecule has 0 saturated heterocycles. The number of nitrogens with zero attached hydrogens (tertiary/aromatic N) is 3. The molecule has 0 bridgehead atoms. The molecule has 0 fully saturated rings. The van der Waals surface area contributed by atoms with Crippen LogP contribution in [0.1, 0.15) is 50.7 Å². The molecular weight excluding hydrogens is 509 g/mol. The average molecular weight is 534 g/mol. The fraction of sp³-hybridized carbons (Fsp3) is 0.318. The largest absolute Gasteiger partial charge is 0.651 e. The minimum absolute atomic E-state index is 0. The molecule has 3 nitrogen and oxygen atoms in total. The summed E-state index contributed by atoms with van der Waals surface area (Å²) in [5.41, 5.74) is 6.46. The molecule has 0 N–H and O–H groups in total. The summed E-state index contributed by atoms with van der Waals surface area (Å²) in [6.45, 7) is 9.22. The monoisotopic (exact) mass is 535 g/mol. The van der Waals surface area contributed by atoms with Gasteiger partial charge in [-0.1, -0.05) is 57.6 Å². The van der Waals surface area contributed by atoms with Crippen LogP contribution in [0.5, 0.6) is 0 Å². The molecule has 0 aliphatic carbocycles. The van der Waals surface area contributed by atoms with Crippen molar-refractivity contribution in [1.29, 1.82) is 0 Å². The first kappa shape index (κ1) is 19.9. The van der Waals surface area contributed by atoms with Crippen LogP contribution in [0.2, 0.25) is 0 Å². The standard InChI is InChI=1S/C22H25BN3.Ir/c1-16(2)18-10-8-11-19(17(3)4)22(18)23-24(5)20-12-6-7-13-21(20)25-14-9-15-26(23)25;/h6-12,15-17H,1-5H3;/q-1;. The fourth-order valence-corrected chi connectivity index (χ4v) is 4.10. The zero-order valence-electron chi connectivity index (χ0n) is 16.5. The van der Waals surface area contributed by atoms with Crippen LogP contribution in [0.25, 0.3) is 5.69 Å². The third-order valence-corrected chi connectivity index (χ3v) is 5.35. The molecule has 1 aliphatic rings. The van der Waals surface area contributed by atoms with E-state index in [1.807, 2.05) is 12.1 Å². The van der Waals surface area contributed by atoms with E-state index in [4.69, 9.17) is 0 Å². The Bertz CT molecular complexity index is 922. The summed E-state index contributed by atoms with van der Waals surface area (Å²) >= 11 is 0. The van der Waals surface area contributed by atoms with E-state index in [-0.39, 0.29) is 27.1 Å². The van der Waals surface area contributed by atoms with Crippen molar-refractivity contribution in [2.24, 2.45) is 0 Å². The van der Waals surface area contributed by atoms with Gasteiger partial charge in [0.1, 0.15) is 0 Å². The van der Waals surface area contributed by atoms with Gasteiger partial charge >= 0.3 is 6.98 Å². The van der Waals surface area contributed by atoms with E-state index in [1.165, 1.54) is 22.3 Å². The fourth-order valence-electron chi connectivity index (χ4n) is 4.10. The van der Waals surface area contributed by atoms with Crippen molar-refractivity contribution >= 4 is 18.1 Å². The Hall–Kier alpha value is -1.84. The molecule has 0 unspecified atom stereocenters. The molecule has 141 valence electrons. The normalized spacial score (nSPS) is 12.9. The van der Waals surface area contributed by atoms with Crippen molar-refractivity contribution in [3.8, 4) is 5.69 Å². The minimum atomic E-state index is 0. The van der Waals surface area contributed by atoms with Gasteiger partial charge in [-0.3, -0.25) is 4.68 Å². The van der Waals surface area contributed by atoms with Gasteiger partial charge in [0.05, 0.1) is 6.20 Å². The van der Waals surface area contributed by atoms with E-state index in [2.05, 4.69) is 97.6 Å². The molecular formula is C22H25BIrN3-. The quantitative estimate of drug-likeness (QED) is 0.371. The number of hydrogen-bond donors (Lipinski definition) is 0. The van der Waals surface area contributed by atoms with E-state index < -0.39 is 0 Å². The minimum Gasteiger partial charge on any atom is -0.411 e. The Morgan fingerprint density at radius 3 is 2.26 bits per heavy atom. The summed E-state index contributed by atoms with van der Waals surface area (Å²) in [7, 11) is 2.18. The van der Waals surface area contributed by atoms with E-state index >= 15 is 0 Å². The van der Waals surface area contributed by atoms with Gasteiger partial charge in [0.25, 0.3) is 0 Å². The molecule has 2 heterocycles. The van der Waals surface area contributed by atoms with Crippen LogP contribution in [-0.4, -0.2) is 18.7 Å². The topological polar surface area (TPSA) is 12.1 Å². The van der Waals surface area contributed by atoms with Crippen molar-refractivity contribution in [2.75, 3.05) is 11.9 Å². The Morgan fingerprint density at radius 1 is 0.963 bits per heavy atom. The van der Waals surface area contributed by atoms with Crippen molar-refractivity contribution < 1.29 is 24.7 Å². The van der Waals surface area contributed by atoms with Crippen LogP contribution >= 0.6 is 0 Å². The number of fused-ring (bicyclic) bond motifs is 3. The number of para-hydroxylation sites is 1. The molecule has 1 aliphatic heterocycles. The Balaban J connectivity index is 0.00000210. The van der Waals surface area contributed by atoms with Crippen molar-refractivity contribution in [3.63, 3.8) is 0 Å². The zero-order chi connectivity index (χ0) is 18.4. The summed E-state index contributed by atoms with van der Waals surface area (Å²) in [4.78, 5) is 2.37. The van der Waals surface area contributed by atoms with E-state index in [0.29, 0.717) is 11.8 Å². The van der Waals surface area contributed by atoms with Gasteiger partial charge in [-0.05, 0) is 36.2 Å². The van der Waals surface area contributed by atoms with Crippen LogP contribution < -0.4 is 14.9 Å². The maximum absolute atomic E-state index is 3.38. The first-order valence-corrected chi connectivity index (χ1v) is 9.38. The molecule has 4 rings (SSSR count). The number of anilines is 1. The van der Waals surface area contributed by atoms with Crippen LogP contribution in [0, 0.1) is 12.3 Å². The SMILES string of the molecule is CC(C)c1cccc(C(C)C)c1B1N(C)c2ccc[c-]c2-n2[c-]cc[n+]21.[Ir]. The van der Waals surface area contributed by atoms with Crippen LogP contribution in [0.3, 0.4) is 0 Å². The molecule has 1 radical (unpaired) electrons. The molecule has 0 atom stereocenters. The first-order chi connectivity index (χ1) is 12.5. The van der Waals surface area contributed by atoms with Gasteiger partial charge in [-0.25, -0.2) is 10.7 Å². The first-order valence-electron chi connectivity index (χ1n) is 9.38. The molecule has 5 heteroatoms. The van der Waals surface area contributed by atoms with Gasteiger partial charge in [-0.15, -0.1) is 5.69 Å². The summed E-state index contributed by atoms with van der Waals surface area (Å²) in [6.07, 6.45) is 5.47. The average Bonchev–Trinajstić information content (AvgIpc) is 3.11. The summed E-state index contributed by atoms with van der Waals surface area (Å²) in [6, 6.07) is 18.3. The third-order valence-electron chi connectivity index (χ3n) is 5.35.